The number of carbonyl (C=O) groups is 1. The highest BCUT2D eigenvalue weighted by Crippen LogP contribution is 2.17. The molecule has 0 aliphatic rings. The highest BCUT2D eigenvalue weighted by Gasteiger charge is 2.13. The molecule has 0 atom stereocenters. The van der Waals surface area contributed by atoms with Crippen molar-refractivity contribution >= 4 is 27.5 Å². The van der Waals surface area contributed by atoms with E-state index in [1.54, 1.807) is 0 Å². The Hall–Kier alpha value is -2.09. The van der Waals surface area contributed by atoms with E-state index < -0.39 is 17.5 Å². The fraction of sp³-hybridized carbons (Fsp3) is 0.100. The van der Waals surface area contributed by atoms with Crippen molar-refractivity contribution in [2.24, 2.45) is 0 Å². The average Bonchev–Trinajstić information content (AvgIpc) is 2.70. The number of nitrogen functional groups attached to an aromatic ring is 1. The van der Waals surface area contributed by atoms with Crippen molar-refractivity contribution in [3.05, 3.63) is 35.4 Å². The first-order valence-electron chi connectivity index (χ1n) is 4.88. The van der Waals surface area contributed by atoms with Crippen LogP contribution < -0.4 is 11.1 Å². The molecule has 0 aliphatic carbocycles. The number of nitrogens with one attached hydrogen (secondary N) is 1. The summed E-state index contributed by atoms with van der Waals surface area (Å²) in [5.74, 6) is -2.53. The Morgan fingerprint density at radius 2 is 2.17 bits per heavy atom. The summed E-state index contributed by atoms with van der Waals surface area (Å²) >= 11 is 0.990. The first kappa shape index (κ1) is 12.4. The van der Waals surface area contributed by atoms with Gasteiger partial charge in [-0.1, -0.05) is 23.5 Å². The van der Waals surface area contributed by atoms with E-state index in [1.165, 1.54) is 12.1 Å². The Kier molecular flexibility index (Phi) is 3.47. The fourth-order valence-corrected chi connectivity index (χ4v) is 1.83. The van der Waals surface area contributed by atoms with Crippen molar-refractivity contribution in [3.8, 4) is 0 Å². The van der Waals surface area contributed by atoms with Gasteiger partial charge in [-0.15, -0.1) is 10.2 Å². The first-order valence-corrected chi connectivity index (χ1v) is 5.69. The highest BCUT2D eigenvalue weighted by molar-refractivity contribution is 7.18. The van der Waals surface area contributed by atoms with Crippen LogP contribution in [-0.2, 0) is 11.2 Å². The van der Waals surface area contributed by atoms with E-state index >= 15 is 0 Å². The summed E-state index contributed by atoms with van der Waals surface area (Å²) in [5.41, 5.74) is 5.31. The minimum absolute atomic E-state index is 0.0232. The smallest absolute Gasteiger partial charge is 0.230 e. The van der Waals surface area contributed by atoms with Crippen LogP contribution in [0.4, 0.5) is 19.0 Å². The van der Waals surface area contributed by atoms with Crippen LogP contribution in [0.5, 0.6) is 0 Å². The van der Waals surface area contributed by atoms with Crippen LogP contribution in [-0.4, -0.2) is 16.1 Å². The second-order valence-electron chi connectivity index (χ2n) is 3.38. The van der Waals surface area contributed by atoms with Crippen LogP contribution >= 0.6 is 11.3 Å². The van der Waals surface area contributed by atoms with E-state index in [4.69, 9.17) is 5.73 Å². The van der Waals surface area contributed by atoms with E-state index in [1.807, 2.05) is 0 Å². The largest absolute Gasteiger partial charge is 0.374 e. The van der Waals surface area contributed by atoms with Gasteiger partial charge >= 0.3 is 0 Å². The molecule has 0 saturated heterocycles. The molecule has 0 fully saturated rings. The molecule has 1 aromatic heterocycles. The van der Waals surface area contributed by atoms with Gasteiger partial charge in [-0.25, -0.2) is 8.78 Å². The molecule has 0 radical (unpaired) electrons. The van der Waals surface area contributed by atoms with Gasteiger partial charge < -0.3 is 11.1 Å². The third kappa shape index (κ3) is 2.77. The molecule has 3 N–H and O–H groups in total. The lowest BCUT2D eigenvalue weighted by Gasteiger charge is -2.03. The molecule has 0 spiro atoms. The summed E-state index contributed by atoms with van der Waals surface area (Å²) in [6, 6.07) is 3.67. The molecule has 1 amide bonds. The van der Waals surface area contributed by atoms with E-state index in [0.717, 1.165) is 17.4 Å². The Balaban J connectivity index is 2.05. The maximum atomic E-state index is 13.3. The number of hydrogen-bond acceptors (Lipinski definition) is 5. The predicted octanol–water partition coefficient (Wildman–Crippen LogP) is 1.58. The summed E-state index contributed by atoms with van der Waals surface area (Å²) in [6.07, 6.45) is -0.289. The van der Waals surface area contributed by atoms with Gasteiger partial charge in [-0.05, 0) is 6.07 Å². The number of carbonyl (C=O) groups excluding carboxylic acids is 1. The third-order valence-electron chi connectivity index (χ3n) is 2.07. The van der Waals surface area contributed by atoms with Gasteiger partial charge in [0.25, 0.3) is 0 Å². The molecule has 1 aromatic carbocycles. The van der Waals surface area contributed by atoms with Crippen molar-refractivity contribution in [2.45, 2.75) is 6.42 Å². The van der Waals surface area contributed by atoms with Crippen LogP contribution in [0.25, 0.3) is 0 Å². The van der Waals surface area contributed by atoms with Gasteiger partial charge in [-0.2, -0.15) is 0 Å². The van der Waals surface area contributed by atoms with Crippen LogP contribution in [0.3, 0.4) is 0 Å². The zero-order valence-electron chi connectivity index (χ0n) is 8.98. The molecule has 94 valence electrons. The number of halogens is 2. The van der Waals surface area contributed by atoms with Crippen molar-refractivity contribution < 1.29 is 13.6 Å². The number of aromatic nitrogens is 2. The van der Waals surface area contributed by atoms with E-state index in [2.05, 4.69) is 15.5 Å². The lowest BCUT2D eigenvalue weighted by Crippen LogP contribution is -2.15. The SMILES string of the molecule is Nc1nnc(NC(=O)Cc2cccc(F)c2F)s1. The van der Waals surface area contributed by atoms with Gasteiger partial charge in [0.15, 0.2) is 11.6 Å². The van der Waals surface area contributed by atoms with E-state index in [-0.39, 0.29) is 22.2 Å². The van der Waals surface area contributed by atoms with Gasteiger partial charge in [0.1, 0.15) is 0 Å². The lowest BCUT2D eigenvalue weighted by atomic mass is 10.1. The van der Waals surface area contributed by atoms with Crippen LogP contribution in [0, 0.1) is 11.6 Å². The Morgan fingerprint density at radius 1 is 1.39 bits per heavy atom. The standard InChI is InChI=1S/C10H8F2N4OS/c11-6-3-1-2-5(8(6)12)4-7(17)14-10-16-15-9(13)18-10/h1-3H,4H2,(H2,13,15)(H,14,16,17). The van der Waals surface area contributed by atoms with Gasteiger partial charge in [0, 0.05) is 5.56 Å². The van der Waals surface area contributed by atoms with E-state index in [9.17, 15) is 13.6 Å². The molecular weight excluding hydrogens is 262 g/mol. The number of amides is 1. The lowest BCUT2D eigenvalue weighted by molar-refractivity contribution is -0.115. The number of hydrogen-bond donors (Lipinski definition) is 2. The fourth-order valence-electron chi connectivity index (χ4n) is 1.31. The Morgan fingerprint density at radius 3 is 2.83 bits per heavy atom. The molecular formula is C10H8F2N4OS. The summed E-state index contributed by atoms with van der Waals surface area (Å²) in [4.78, 5) is 11.6. The molecule has 0 aliphatic heterocycles. The molecule has 2 rings (SSSR count). The molecule has 1 heterocycles. The topological polar surface area (TPSA) is 80.9 Å². The maximum absolute atomic E-state index is 13.3. The minimum Gasteiger partial charge on any atom is -0.374 e. The van der Waals surface area contributed by atoms with E-state index in [0.29, 0.717) is 0 Å². The number of anilines is 2. The summed E-state index contributed by atoms with van der Waals surface area (Å²) in [7, 11) is 0. The predicted molar refractivity (Wildman–Crippen MR) is 63.0 cm³/mol. The molecule has 18 heavy (non-hydrogen) atoms. The zero-order valence-corrected chi connectivity index (χ0v) is 9.80. The monoisotopic (exact) mass is 270 g/mol. The zero-order chi connectivity index (χ0) is 13.1. The van der Waals surface area contributed by atoms with Crippen LogP contribution in [0.2, 0.25) is 0 Å². The second-order valence-corrected chi connectivity index (χ2v) is 4.39. The Bertz CT molecular complexity index is 587. The van der Waals surface area contributed by atoms with Crippen LogP contribution in [0.15, 0.2) is 18.2 Å². The van der Waals surface area contributed by atoms with Crippen molar-refractivity contribution in [1.82, 2.24) is 10.2 Å². The maximum Gasteiger partial charge on any atom is 0.230 e. The number of nitrogens with zero attached hydrogens (tertiary/aromatic N) is 2. The quantitative estimate of drug-likeness (QED) is 0.887. The second kappa shape index (κ2) is 5.05. The molecule has 0 unspecified atom stereocenters. The van der Waals surface area contributed by atoms with Crippen molar-refractivity contribution in [1.29, 1.82) is 0 Å². The molecule has 0 bridgehead atoms. The summed E-state index contributed by atoms with van der Waals surface area (Å²) in [5, 5.41) is 9.91. The van der Waals surface area contributed by atoms with Gasteiger partial charge in [0.2, 0.25) is 16.2 Å². The molecule has 2 aromatic rings. The van der Waals surface area contributed by atoms with Gasteiger partial charge in [0.05, 0.1) is 6.42 Å². The van der Waals surface area contributed by atoms with Gasteiger partial charge in [-0.3, -0.25) is 4.79 Å². The minimum atomic E-state index is -1.02. The molecule has 0 saturated carbocycles. The van der Waals surface area contributed by atoms with Crippen LogP contribution in [0.1, 0.15) is 5.56 Å². The molecule has 8 heteroatoms. The summed E-state index contributed by atoms with van der Waals surface area (Å²) < 4.78 is 26.2. The third-order valence-corrected chi connectivity index (χ3v) is 2.74. The normalized spacial score (nSPS) is 10.3. The highest BCUT2D eigenvalue weighted by atomic mass is 32.1. The number of benzene rings is 1. The number of nitrogens with two attached hydrogens (primary N) is 1. The number of rotatable bonds is 3. The molecule has 5 nitrogen and oxygen atoms in total. The Labute approximate surface area is 105 Å². The summed E-state index contributed by atoms with van der Waals surface area (Å²) in [6.45, 7) is 0. The van der Waals surface area contributed by atoms with Crippen molar-refractivity contribution in [2.75, 3.05) is 11.1 Å². The van der Waals surface area contributed by atoms with Crippen molar-refractivity contribution in [3.63, 3.8) is 0 Å². The first-order chi connectivity index (χ1) is 8.56. The average molecular weight is 270 g/mol.